The number of imidazole rings is 1. The number of anilines is 1. The highest BCUT2D eigenvalue weighted by Gasteiger charge is 2.12. The van der Waals surface area contributed by atoms with E-state index in [2.05, 4.69) is 25.0 Å². The molecule has 1 aromatic carbocycles. The number of halogens is 1. The van der Waals surface area contributed by atoms with Gasteiger partial charge in [-0.1, -0.05) is 12.1 Å². The Hall–Kier alpha value is -3.16. The minimum absolute atomic E-state index is 0.321. The maximum atomic E-state index is 14.2. The molecule has 0 bridgehead atoms. The first-order valence-corrected chi connectivity index (χ1v) is 8.81. The van der Waals surface area contributed by atoms with Crippen LogP contribution in [-0.4, -0.2) is 38.5 Å². The second-order valence-corrected chi connectivity index (χ2v) is 6.28. The van der Waals surface area contributed by atoms with Gasteiger partial charge in [0.05, 0.1) is 12.0 Å². The molecule has 0 saturated carbocycles. The Labute approximate surface area is 157 Å². The first-order valence-electron chi connectivity index (χ1n) is 8.81. The number of unbranched alkanes of at least 4 members (excludes halogenated alkanes) is 1. The zero-order valence-corrected chi connectivity index (χ0v) is 14.7. The fourth-order valence-corrected chi connectivity index (χ4v) is 2.97. The molecule has 0 aliphatic rings. The monoisotopic (exact) mass is 360 g/mol. The van der Waals surface area contributed by atoms with Crippen molar-refractivity contribution in [2.45, 2.75) is 19.4 Å². The average Bonchev–Trinajstić information content (AvgIpc) is 3.32. The van der Waals surface area contributed by atoms with Gasteiger partial charge in [-0.15, -0.1) is 0 Å². The molecule has 0 fully saturated rings. The Morgan fingerprint density at radius 2 is 2.07 bits per heavy atom. The number of benzene rings is 1. The van der Waals surface area contributed by atoms with Crippen molar-refractivity contribution in [3.8, 4) is 11.3 Å². The molecule has 27 heavy (non-hydrogen) atoms. The molecule has 8 heteroatoms. The van der Waals surface area contributed by atoms with E-state index in [4.69, 9.17) is 7.85 Å². The molecule has 0 amide bonds. The van der Waals surface area contributed by atoms with Crippen LogP contribution in [0.25, 0.3) is 16.9 Å². The van der Waals surface area contributed by atoms with E-state index in [0.29, 0.717) is 22.4 Å². The van der Waals surface area contributed by atoms with Crippen molar-refractivity contribution in [2.24, 2.45) is 0 Å². The highest BCUT2D eigenvalue weighted by Crippen LogP contribution is 2.24. The summed E-state index contributed by atoms with van der Waals surface area (Å²) < 4.78 is 17.9. The van der Waals surface area contributed by atoms with Crippen molar-refractivity contribution in [1.82, 2.24) is 24.1 Å². The molecule has 0 saturated heterocycles. The van der Waals surface area contributed by atoms with E-state index in [1.807, 2.05) is 12.5 Å². The molecule has 4 aromatic rings. The van der Waals surface area contributed by atoms with Gasteiger partial charge in [-0.25, -0.2) is 14.4 Å². The number of aryl methyl sites for hydroxylation is 1. The molecule has 134 valence electrons. The lowest BCUT2D eigenvalue weighted by Gasteiger charge is -2.11. The Morgan fingerprint density at radius 1 is 1.19 bits per heavy atom. The molecule has 0 aliphatic carbocycles. The summed E-state index contributed by atoms with van der Waals surface area (Å²) in [6.07, 6.45) is 9.07. The number of nitrogens with one attached hydrogen (secondary N) is 1. The lowest BCUT2D eigenvalue weighted by atomic mass is 10.0. The van der Waals surface area contributed by atoms with Crippen molar-refractivity contribution in [3.05, 3.63) is 61.1 Å². The Morgan fingerprint density at radius 3 is 2.89 bits per heavy atom. The summed E-state index contributed by atoms with van der Waals surface area (Å²) in [5.74, 6) is 0.413. The van der Waals surface area contributed by atoms with Crippen LogP contribution in [0.4, 0.5) is 10.2 Å². The van der Waals surface area contributed by atoms with Crippen molar-refractivity contribution < 1.29 is 4.39 Å². The molecule has 0 aliphatic heterocycles. The first kappa shape index (κ1) is 17.3. The second-order valence-electron chi connectivity index (χ2n) is 6.28. The Bertz CT molecular complexity index is 1040. The van der Waals surface area contributed by atoms with Gasteiger partial charge < -0.3 is 9.88 Å². The molecule has 0 unspecified atom stereocenters. The van der Waals surface area contributed by atoms with Gasteiger partial charge in [0, 0.05) is 43.3 Å². The van der Waals surface area contributed by atoms with Gasteiger partial charge in [-0.2, -0.15) is 9.61 Å². The zero-order valence-electron chi connectivity index (χ0n) is 14.7. The molecule has 0 atom stereocenters. The fourth-order valence-electron chi connectivity index (χ4n) is 2.97. The molecule has 2 radical (unpaired) electrons. The molecule has 4 rings (SSSR count). The van der Waals surface area contributed by atoms with Crippen molar-refractivity contribution in [1.29, 1.82) is 0 Å². The third-order valence-electron chi connectivity index (χ3n) is 4.36. The molecule has 1 N–H and O–H groups in total. The van der Waals surface area contributed by atoms with Crippen molar-refractivity contribution >= 4 is 24.8 Å². The van der Waals surface area contributed by atoms with Crippen LogP contribution in [0.1, 0.15) is 12.8 Å². The number of nitrogens with zero attached hydrogens (tertiary/aromatic N) is 5. The minimum atomic E-state index is -0.321. The van der Waals surface area contributed by atoms with E-state index in [1.165, 1.54) is 6.07 Å². The predicted molar refractivity (Wildman–Crippen MR) is 104 cm³/mol. The summed E-state index contributed by atoms with van der Waals surface area (Å²) in [5.41, 5.74) is 1.92. The van der Waals surface area contributed by atoms with Crippen LogP contribution < -0.4 is 10.8 Å². The summed E-state index contributed by atoms with van der Waals surface area (Å²) in [4.78, 5) is 8.53. The number of fused-ring (bicyclic) bond motifs is 1. The van der Waals surface area contributed by atoms with E-state index in [0.717, 1.165) is 31.7 Å². The van der Waals surface area contributed by atoms with Crippen LogP contribution in [0, 0.1) is 5.82 Å². The van der Waals surface area contributed by atoms with Gasteiger partial charge in [0.15, 0.2) is 5.65 Å². The number of hydrogen-bond acceptors (Lipinski definition) is 4. The SMILES string of the molecule is [B]c1cnn2c(NCCCCn3ccnc3)cc(-c3ccccc3F)nc12. The van der Waals surface area contributed by atoms with Crippen LogP contribution in [0.15, 0.2) is 55.2 Å². The number of aromatic nitrogens is 5. The minimum Gasteiger partial charge on any atom is -0.370 e. The molecular formula is C19H18BFN6. The molecule has 3 aromatic heterocycles. The van der Waals surface area contributed by atoms with E-state index in [1.54, 1.807) is 41.2 Å². The van der Waals surface area contributed by atoms with Gasteiger partial charge in [-0.3, -0.25) is 0 Å². The molecule has 0 spiro atoms. The third kappa shape index (κ3) is 3.69. The van der Waals surface area contributed by atoms with Crippen LogP contribution in [0.2, 0.25) is 0 Å². The fraction of sp³-hybridized carbons (Fsp3) is 0.211. The summed E-state index contributed by atoms with van der Waals surface area (Å²) in [6.45, 7) is 1.67. The topological polar surface area (TPSA) is 60.0 Å². The van der Waals surface area contributed by atoms with Crippen LogP contribution in [0.3, 0.4) is 0 Å². The van der Waals surface area contributed by atoms with Gasteiger partial charge in [0.25, 0.3) is 0 Å². The highest BCUT2D eigenvalue weighted by atomic mass is 19.1. The van der Waals surface area contributed by atoms with Crippen LogP contribution >= 0.6 is 0 Å². The van der Waals surface area contributed by atoms with E-state index in [-0.39, 0.29) is 5.82 Å². The van der Waals surface area contributed by atoms with Gasteiger partial charge in [-0.05, 0) is 30.4 Å². The summed E-state index contributed by atoms with van der Waals surface area (Å²) in [6, 6.07) is 8.37. The Kier molecular flexibility index (Phi) is 4.87. The lowest BCUT2D eigenvalue weighted by molar-refractivity contribution is 0.620. The maximum absolute atomic E-state index is 14.2. The highest BCUT2D eigenvalue weighted by molar-refractivity contribution is 6.36. The third-order valence-corrected chi connectivity index (χ3v) is 4.36. The normalized spacial score (nSPS) is 11.1. The maximum Gasteiger partial charge on any atom is 0.150 e. The van der Waals surface area contributed by atoms with Crippen LogP contribution in [-0.2, 0) is 6.54 Å². The molecule has 3 heterocycles. The van der Waals surface area contributed by atoms with Crippen molar-refractivity contribution in [3.63, 3.8) is 0 Å². The smallest absolute Gasteiger partial charge is 0.150 e. The number of rotatable bonds is 7. The summed E-state index contributed by atoms with van der Waals surface area (Å²) >= 11 is 0. The van der Waals surface area contributed by atoms with Crippen LogP contribution in [0.5, 0.6) is 0 Å². The first-order chi connectivity index (χ1) is 13.2. The van der Waals surface area contributed by atoms with Gasteiger partial charge in [0.2, 0.25) is 0 Å². The Balaban J connectivity index is 1.53. The largest absolute Gasteiger partial charge is 0.370 e. The zero-order chi connectivity index (χ0) is 18.6. The van der Waals surface area contributed by atoms with Crippen molar-refractivity contribution in [2.75, 3.05) is 11.9 Å². The van der Waals surface area contributed by atoms with E-state index < -0.39 is 0 Å². The van der Waals surface area contributed by atoms with Gasteiger partial charge >= 0.3 is 0 Å². The summed E-state index contributed by atoms with van der Waals surface area (Å²) in [7, 11) is 5.98. The van der Waals surface area contributed by atoms with Gasteiger partial charge in [0.1, 0.15) is 19.5 Å². The standard InChI is InChI=1S/C19H18BFN6/c20-15-12-24-27-18(23-7-3-4-9-26-10-8-22-13-26)11-17(25-19(15)27)14-5-1-2-6-16(14)21/h1-2,5-6,8,10-13,23H,3-4,7,9H2. The van der Waals surface area contributed by atoms with E-state index in [9.17, 15) is 4.39 Å². The summed E-state index contributed by atoms with van der Waals surface area (Å²) in [5, 5.41) is 7.64. The average molecular weight is 360 g/mol. The molecule has 6 nitrogen and oxygen atoms in total. The lowest BCUT2D eigenvalue weighted by Crippen LogP contribution is -2.11. The molecular weight excluding hydrogens is 342 g/mol. The predicted octanol–water partition coefficient (Wildman–Crippen LogP) is 2.42. The quantitative estimate of drug-likeness (QED) is 0.406. The number of hydrogen-bond donors (Lipinski definition) is 1. The second kappa shape index (κ2) is 7.61. The van der Waals surface area contributed by atoms with E-state index >= 15 is 0 Å².